The van der Waals surface area contributed by atoms with Crippen LogP contribution in [0, 0.1) is 13.8 Å². The lowest BCUT2D eigenvalue weighted by Crippen LogP contribution is -2.13. The van der Waals surface area contributed by atoms with Crippen molar-refractivity contribution in [3.8, 4) is 0 Å². The van der Waals surface area contributed by atoms with Crippen molar-refractivity contribution < 1.29 is 9.59 Å². The Kier molecular flexibility index (Phi) is 4.42. The van der Waals surface area contributed by atoms with E-state index in [-0.39, 0.29) is 24.5 Å². The van der Waals surface area contributed by atoms with E-state index in [0.717, 1.165) is 16.9 Å². The number of carbonyl (C=O) groups is 2. The number of hydrogen-bond donors (Lipinski definition) is 1. The molecule has 0 saturated heterocycles. The Balaban J connectivity index is 1.58. The Bertz CT molecular complexity index is 895. The number of aryl methyl sites for hydroxylation is 2. The normalized spacial score (nSPS) is 10.8. The van der Waals surface area contributed by atoms with Gasteiger partial charge in [-0.2, -0.15) is 0 Å². The summed E-state index contributed by atoms with van der Waals surface area (Å²) in [5, 5.41) is 2.82. The number of benzene rings is 1. The monoisotopic (exact) mass is 321 g/mol. The summed E-state index contributed by atoms with van der Waals surface area (Å²) in [7, 11) is 0. The smallest absolute Gasteiger partial charge is 0.224 e. The average Bonchev–Trinajstić information content (AvgIpc) is 2.92. The lowest BCUT2D eigenvalue weighted by Gasteiger charge is -2.06. The van der Waals surface area contributed by atoms with Crippen LogP contribution in [0.25, 0.3) is 5.65 Å². The molecule has 0 aliphatic carbocycles. The number of pyridine rings is 1. The van der Waals surface area contributed by atoms with E-state index >= 15 is 0 Å². The van der Waals surface area contributed by atoms with Crippen molar-refractivity contribution in [2.24, 2.45) is 0 Å². The van der Waals surface area contributed by atoms with Gasteiger partial charge in [0.15, 0.2) is 5.78 Å². The summed E-state index contributed by atoms with van der Waals surface area (Å²) in [6.45, 7) is 3.89. The summed E-state index contributed by atoms with van der Waals surface area (Å²) < 4.78 is 1.86. The molecule has 0 radical (unpaired) electrons. The van der Waals surface area contributed by atoms with Gasteiger partial charge in [-0.3, -0.25) is 9.59 Å². The van der Waals surface area contributed by atoms with E-state index in [2.05, 4.69) is 10.3 Å². The van der Waals surface area contributed by atoms with Crippen LogP contribution in [0.2, 0.25) is 0 Å². The van der Waals surface area contributed by atoms with E-state index in [1.54, 1.807) is 12.1 Å². The second kappa shape index (κ2) is 6.66. The van der Waals surface area contributed by atoms with Gasteiger partial charge < -0.3 is 9.72 Å². The van der Waals surface area contributed by atoms with Gasteiger partial charge in [-0.1, -0.05) is 29.8 Å². The minimum absolute atomic E-state index is 0.0224. The molecule has 3 aromatic rings. The third-order valence-corrected chi connectivity index (χ3v) is 3.81. The molecule has 5 heteroatoms. The first-order chi connectivity index (χ1) is 11.5. The molecule has 0 fully saturated rings. The fourth-order valence-corrected chi connectivity index (χ4v) is 2.53. The molecule has 2 heterocycles. The van der Waals surface area contributed by atoms with Crippen LogP contribution >= 0.6 is 0 Å². The Labute approximate surface area is 140 Å². The number of amides is 1. The van der Waals surface area contributed by atoms with Crippen LogP contribution in [-0.4, -0.2) is 21.1 Å². The van der Waals surface area contributed by atoms with E-state index in [1.807, 2.05) is 54.9 Å². The Morgan fingerprint density at radius 2 is 1.75 bits per heavy atom. The maximum Gasteiger partial charge on any atom is 0.224 e. The summed E-state index contributed by atoms with van der Waals surface area (Å²) in [4.78, 5) is 28.5. The maximum atomic E-state index is 12.1. The van der Waals surface area contributed by atoms with Crippen molar-refractivity contribution in [2.75, 3.05) is 5.32 Å². The highest BCUT2D eigenvalue weighted by Gasteiger charge is 2.10. The Hall–Kier alpha value is -2.95. The molecular formula is C19H19N3O2. The van der Waals surface area contributed by atoms with Crippen molar-refractivity contribution in [3.05, 3.63) is 65.6 Å². The van der Waals surface area contributed by atoms with E-state index in [9.17, 15) is 9.59 Å². The average molecular weight is 321 g/mol. The van der Waals surface area contributed by atoms with Gasteiger partial charge in [-0.05, 0) is 26.0 Å². The Morgan fingerprint density at radius 1 is 1.00 bits per heavy atom. The van der Waals surface area contributed by atoms with Gasteiger partial charge in [0, 0.05) is 30.8 Å². The maximum absolute atomic E-state index is 12.1. The molecule has 3 rings (SSSR count). The fraction of sp³-hybridized carbons (Fsp3) is 0.211. The molecule has 1 amide bonds. The van der Waals surface area contributed by atoms with Crippen LogP contribution in [-0.2, 0) is 4.79 Å². The SMILES string of the molecule is Cc1ccc(C(=O)CCC(=O)Nc2ccc3nc(C)cn3c2)cc1. The van der Waals surface area contributed by atoms with Crippen LogP contribution in [0.4, 0.5) is 5.69 Å². The second-order valence-electron chi connectivity index (χ2n) is 5.90. The molecule has 1 aromatic carbocycles. The summed E-state index contributed by atoms with van der Waals surface area (Å²) in [5.41, 5.74) is 4.19. The quantitative estimate of drug-likeness (QED) is 0.731. The zero-order valence-electron chi connectivity index (χ0n) is 13.7. The molecule has 24 heavy (non-hydrogen) atoms. The number of hydrogen-bond acceptors (Lipinski definition) is 3. The number of ketones is 1. The van der Waals surface area contributed by atoms with Crippen LogP contribution in [0.1, 0.15) is 34.5 Å². The molecule has 122 valence electrons. The molecule has 0 saturated carbocycles. The number of nitrogens with one attached hydrogen (secondary N) is 1. The van der Waals surface area contributed by atoms with E-state index in [1.165, 1.54) is 0 Å². The summed E-state index contributed by atoms with van der Waals surface area (Å²) in [6, 6.07) is 11.0. The molecule has 0 unspecified atom stereocenters. The lowest BCUT2D eigenvalue weighted by molar-refractivity contribution is -0.116. The highest BCUT2D eigenvalue weighted by atomic mass is 16.2. The molecule has 5 nitrogen and oxygen atoms in total. The van der Waals surface area contributed by atoms with Crippen molar-refractivity contribution in [3.63, 3.8) is 0 Å². The standard InChI is InChI=1S/C19H19N3O2/c1-13-3-5-15(6-4-13)17(23)8-10-19(24)21-16-7-9-18-20-14(2)11-22(18)12-16/h3-7,9,11-12H,8,10H2,1-2H3,(H,21,24). The summed E-state index contributed by atoms with van der Waals surface area (Å²) in [6.07, 6.45) is 4.07. The lowest BCUT2D eigenvalue weighted by atomic mass is 10.0. The predicted octanol–water partition coefficient (Wildman–Crippen LogP) is 3.55. The third kappa shape index (κ3) is 3.68. The van der Waals surface area contributed by atoms with Gasteiger partial charge in [-0.15, -0.1) is 0 Å². The number of fused-ring (bicyclic) bond motifs is 1. The molecule has 0 aliphatic heterocycles. The van der Waals surface area contributed by atoms with Crippen LogP contribution < -0.4 is 5.32 Å². The minimum atomic E-state index is -0.174. The van der Waals surface area contributed by atoms with Crippen LogP contribution in [0.15, 0.2) is 48.8 Å². The first kappa shape index (κ1) is 15.9. The molecule has 1 N–H and O–H groups in total. The summed E-state index contributed by atoms with van der Waals surface area (Å²) in [5.74, 6) is -0.197. The van der Waals surface area contributed by atoms with Gasteiger partial charge >= 0.3 is 0 Å². The molecule has 0 bridgehead atoms. The van der Waals surface area contributed by atoms with Crippen LogP contribution in [0.3, 0.4) is 0 Å². The van der Waals surface area contributed by atoms with Gasteiger partial charge in [0.05, 0.1) is 11.4 Å². The number of Topliss-reactive ketones (excluding diaryl/α,β-unsaturated/α-hetero) is 1. The predicted molar refractivity (Wildman–Crippen MR) is 93.3 cm³/mol. The number of aromatic nitrogens is 2. The van der Waals surface area contributed by atoms with Crippen molar-refractivity contribution >= 4 is 23.0 Å². The van der Waals surface area contributed by atoms with Gasteiger partial charge in [-0.25, -0.2) is 4.98 Å². The minimum Gasteiger partial charge on any atom is -0.325 e. The number of rotatable bonds is 5. The molecule has 0 atom stereocenters. The highest BCUT2D eigenvalue weighted by molar-refractivity contribution is 6.00. The fourth-order valence-electron chi connectivity index (χ4n) is 2.53. The summed E-state index contributed by atoms with van der Waals surface area (Å²) >= 11 is 0. The zero-order chi connectivity index (χ0) is 17.1. The van der Waals surface area contributed by atoms with Crippen molar-refractivity contribution in [1.82, 2.24) is 9.38 Å². The van der Waals surface area contributed by atoms with Crippen molar-refractivity contribution in [2.45, 2.75) is 26.7 Å². The number of nitrogens with zero attached hydrogens (tertiary/aromatic N) is 2. The van der Waals surface area contributed by atoms with E-state index in [4.69, 9.17) is 0 Å². The number of imidazole rings is 1. The van der Waals surface area contributed by atoms with Crippen molar-refractivity contribution in [1.29, 1.82) is 0 Å². The van der Waals surface area contributed by atoms with Crippen LogP contribution in [0.5, 0.6) is 0 Å². The topological polar surface area (TPSA) is 63.5 Å². The second-order valence-corrected chi connectivity index (χ2v) is 5.90. The van der Waals surface area contributed by atoms with Gasteiger partial charge in [0.1, 0.15) is 5.65 Å². The van der Waals surface area contributed by atoms with Gasteiger partial charge in [0.2, 0.25) is 5.91 Å². The largest absolute Gasteiger partial charge is 0.325 e. The number of carbonyl (C=O) groups excluding carboxylic acids is 2. The first-order valence-electron chi connectivity index (χ1n) is 7.86. The molecular weight excluding hydrogens is 302 g/mol. The molecule has 0 spiro atoms. The zero-order valence-corrected chi connectivity index (χ0v) is 13.7. The first-order valence-corrected chi connectivity index (χ1v) is 7.86. The molecule has 0 aliphatic rings. The highest BCUT2D eigenvalue weighted by Crippen LogP contribution is 2.13. The van der Waals surface area contributed by atoms with Gasteiger partial charge in [0.25, 0.3) is 0 Å². The van der Waals surface area contributed by atoms with E-state index < -0.39 is 0 Å². The Morgan fingerprint density at radius 3 is 2.50 bits per heavy atom. The molecule has 2 aromatic heterocycles. The number of anilines is 1. The van der Waals surface area contributed by atoms with E-state index in [0.29, 0.717) is 11.3 Å². The third-order valence-electron chi connectivity index (χ3n) is 3.81.